The number of hydrogen-bond acceptors (Lipinski definition) is 4. The van der Waals surface area contributed by atoms with Crippen LogP contribution in [0.2, 0.25) is 0 Å². The van der Waals surface area contributed by atoms with E-state index in [1.807, 2.05) is 30.3 Å². The van der Waals surface area contributed by atoms with Gasteiger partial charge < -0.3 is 9.47 Å². The molecule has 4 nitrogen and oxygen atoms in total. The molecule has 0 bridgehead atoms. The fourth-order valence-corrected chi connectivity index (χ4v) is 2.32. The van der Waals surface area contributed by atoms with Crippen LogP contribution in [0.25, 0.3) is 5.57 Å². The first kappa shape index (κ1) is 18.0. The number of esters is 2. The highest BCUT2D eigenvalue weighted by atomic mass is 16.5. The number of ether oxygens (including phenoxy) is 2. The van der Waals surface area contributed by atoms with Gasteiger partial charge in [0, 0.05) is 0 Å². The summed E-state index contributed by atoms with van der Waals surface area (Å²) in [5, 5.41) is 0. The summed E-state index contributed by atoms with van der Waals surface area (Å²) in [5.74, 6) is -1.30. The maximum Gasteiger partial charge on any atom is 0.345 e. The maximum atomic E-state index is 12.0. The Morgan fingerprint density at radius 3 is 2.00 bits per heavy atom. The minimum Gasteiger partial charge on any atom is -0.465 e. The molecule has 0 aliphatic heterocycles. The van der Waals surface area contributed by atoms with Gasteiger partial charge in [-0.15, -0.1) is 0 Å². The summed E-state index contributed by atoms with van der Waals surface area (Å²) in [7, 11) is 2.54. The molecule has 0 saturated heterocycles. The van der Waals surface area contributed by atoms with E-state index in [0.717, 1.165) is 31.2 Å². The number of carbonyl (C=O) groups is 2. The quantitative estimate of drug-likeness (QED) is 0.241. The largest absolute Gasteiger partial charge is 0.465 e. The van der Waals surface area contributed by atoms with E-state index in [1.54, 1.807) is 0 Å². The first-order valence-electron chi connectivity index (χ1n) is 7.60. The zero-order valence-corrected chi connectivity index (χ0v) is 13.6. The standard InChI is InChI=1S/C18H24O4/c1-4-5-6-10-13-15(14-11-8-7-9-12-14)16(17(19)21-2)18(20)22-3/h7-9,11-12H,4-6,10,13H2,1-3H3. The van der Waals surface area contributed by atoms with Crippen molar-refractivity contribution in [3.8, 4) is 0 Å². The van der Waals surface area contributed by atoms with E-state index in [4.69, 9.17) is 9.47 Å². The van der Waals surface area contributed by atoms with E-state index >= 15 is 0 Å². The summed E-state index contributed by atoms with van der Waals surface area (Å²) in [4.78, 5) is 24.1. The van der Waals surface area contributed by atoms with Crippen LogP contribution in [-0.2, 0) is 19.1 Å². The van der Waals surface area contributed by atoms with Crippen LogP contribution in [0.4, 0.5) is 0 Å². The van der Waals surface area contributed by atoms with E-state index in [9.17, 15) is 9.59 Å². The van der Waals surface area contributed by atoms with Crippen LogP contribution in [0.1, 0.15) is 44.6 Å². The van der Waals surface area contributed by atoms with Crippen LogP contribution in [0, 0.1) is 0 Å². The summed E-state index contributed by atoms with van der Waals surface area (Å²) in [6, 6.07) is 9.44. The first-order valence-corrected chi connectivity index (χ1v) is 7.60. The van der Waals surface area contributed by atoms with Crippen molar-refractivity contribution in [2.75, 3.05) is 14.2 Å². The zero-order valence-electron chi connectivity index (χ0n) is 13.6. The molecule has 0 aliphatic rings. The number of unbranched alkanes of at least 4 members (excludes halogenated alkanes) is 3. The van der Waals surface area contributed by atoms with Gasteiger partial charge in [0.2, 0.25) is 0 Å². The van der Waals surface area contributed by atoms with Gasteiger partial charge in [-0.1, -0.05) is 56.5 Å². The second-order valence-electron chi connectivity index (χ2n) is 5.01. The fourth-order valence-electron chi connectivity index (χ4n) is 2.32. The van der Waals surface area contributed by atoms with Crippen molar-refractivity contribution < 1.29 is 19.1 Å². The highest BCUT2D eigenvalue weighted by Gasteiger charge is 2.25. The third-order valence-electron chi connectivity index (χ3n) is 3.48. The van der Waals surface area contributed by atoms with Gasteiger partial charge in [-0.05, 0) is 24.0 Å². The van der Waals surface area contributed by atoms with Crippen LogP contribution in [0.3, 0.4) is 0 Å². The highest BCUT2D eigenvalue weighted by molar-refractivity contribution is 6.20. The zero-order chi connectivity index (χ0) is 16.4. The third kappa shape index (κ3) is 5.02. The van der Waals surface area contributed by atoms with Crippen molar-refractivity contribution in [2.24, 2.45) is 0 Å². The molecule has 1 aromatic rings. The SMILES string of the molecule is CCCCCCC(=C(C(=O)OC)C(=O)OC)c1ccccc1. The molecule has 0 heterocycles. The van der Waals surface area contributed by atoms with Crippen molar-refractivity contribution in [1.29, 1.82) is 0 Å². The Bertz CT molecular complexity index is 499. The lowest BCUT2D eigenvalue weighted by atomic mass is 9.94. The van der Waals surface area contributed by atoms with Crippen LogP contribution >= 0.6 is 0 Å². The van der Waals surface area contributed by atoms with Gasteiger partial charge in [-0.25, -0.2) is 9.59 Å². The average molecular weight is 304 g/mol. The summed E-state index contributed by atoms with van der Waals surface area (Å²) in [6.07, 6.45) is 4.88. The molecule has 1 aromatic carbocycles. The van der Waals surface area contributed by atoms with E-state index in [-0.39, 0.29) is 5.57 Å². The Labute approximate surface area is 132 Å². The number of benzene rings is 1. The lowest BCUT2D eigenvalue weighted by Gasteiger charge is -2.13. The van der Waals surface area contributed by atoms with Gasteiger partial charge >= 0.3 is 11.9 Å². The van der Waals surface area contributed by atoms with Gasteiger partial charge in [0.15, 0.2) is 0 Å². The molecule has 22 heavy (non-hydrogen) atoms. The third-order valence-corrected chi connectivity index (χ3v) is 3.48. The van der Waals surface area contributed by atoms with Crippen LogP contribution in [0.5, 0.6) is 0 Å². The predicted octanol–water partition coefficient (Wildman–Crippen LogP) is 3.76. The molecule has 0 aromatic heterocycles. The fraction of sp³-hybridized carbons (Fsp3) is 0.444. The van der Waals surface area contributed by atoms with Gasteiger partial charge in [0.05, 0.1) is 14.2 Å². The summed E-state index contributed by atoms with van der Waals surface area (Å²) in [6.45, 7) is 2.14. The Balaban J connectivity index is 3.21. The summed E-state index contributed by atoms with van der Waals surface area (Å²) in [5.41, 5.74) is 1.54. The van der Waals surface area contributed by atoms with Crippen LogP contribution in [-0.4, -0.2) is 26.2 Å². The Hall–Kier alpha value is -2.10. The van der Waals surface area contributed by atoms with Crippen molar-refractivity contribution in [3.63, 3.8) is 0 Å². The molecule has 0 atom stereocenters. The molecule has 1 rings (SSSR count). The van der Waals surface area contributed by atoms with E-state index in [1.165, 1.54) is 14.2 Å². The topological polar surface area (TPSA) is 52.6 Å². The average Bonchev–Trinajstić information content (AvgIpc) is 2.57. The van der Waals surface area contributed by atoms with Gasteiger partial charge in [0.1, 0.15) is 5.57 Å². The second-order valence-corrected chi connectivity index (χ2v) is 5.01. The number of carbonyl (C=O) groups excluding carboxylic acids is 2. The Morgan fingerprint density at radius 1 is 0.909 bits per heavy atom. The van der Waals surface area contributed by atoms with E-state index in [2.05, 4.69) is 6.92 Å². The summed E-state index contributed by atoms with van der Waals surface area (Å²) < 4.78 is 9.54. The molecule has 0 aliphatic carbocycles. The van der Waals surface area contributed by atoms with E-state index in [0.29, 0.717) is 12.0 Å². The predicted molar refractivity (Wildman–Crippen MR) is 86.2 cm³/mol. The van der Waals surface area contributed by atoms with Crippen LogP contribution < -0.4 is 0 Å². The van der Waals surface area contributed by atoms with Crippen molar-refractivity contribution in [3.05, 3.63) is 41.5 Å². The molecule has 0 saturated carbocycles. The molecule has 4 heteroatoms. The normalized spacial score (nSPS) is 9.95. The molecular weight excluding hydrogens is 280 g/mol. The number of rotatable bonds is 8. The maximum absolute atomic E-state index is 12.0. The van der Waals surface area contributed by atoms with Crippen molar-refractivity contribution in [2.45, 2.75) is 39.0 Å². The van der Waals surface area contributed by atoms with Crippen molar-refractivity contribution >= 4 is 17.5 Å². The Kier molecular flexibility index (Phi) is 7.97. The van der Waals surface area contributed by atoms with Gasteiger partial charge in [-0.2, -0.15) is 0 Å². The Morgan fingerprint density at radius 2 is 1.50 bits per heavy atom. The molecule has 0 amide bonds. The first-order chi connectivity index (χ1) is 10.7. The second kappa shape index (κ2) is 9.77. The minimum atomic E-state index is -0.652. The molecule has 0 unspecified atom stereocenters. The molecule has 0 N–H and O–H groups in total. The number of hydrogen-bond donors (Lipinski definition) is 0. The summed E-state index contributed by atoms with van der Waals surface area (Å²) >= 11 is 0. The van der Waals surface area contributed by atoms with Crippen molar-refractivity contribution in [1.82, 2.24) is 0 Å². The van der Waals surface area contributed by atoms with Gasteiger partial charge in [0.25, 0.3) is 0 Å². The monoisotopic (exact) mass is 304 g/mol. The molecule has 0 radical (unpaired) electrons. The highest BCUT2D eigenvalue weighted by Crippen LogP contribution is 2.26. The molecule has 0 fully saturated rings. The molecule has 0 spiro atoms. The van der Waals surface area contributed by atoms with Crippen LogP contribution in [0.15, 0.2) is 35.9 Å². The molecular formula is C18H24O4. The number of allylic oxidation sites excluding steroid dienone is 1. The smallest absolute Gasteiger partial charge is 0.345 e. The minimum absolute atomic E-state index is 0.00676. The number of methoxy groups -OCH3 is 2. The van der Waals surface area contributed by atoms with E-state index < -0.39 is 11.9 Å². The lowest BCUT2D eigenvalue weighted by molar-refractivity contribution is -0.143. The lowest BCUT2D eigenvalue weighted by Crippen LogP contribution is -2.18. The molecule has 120 valence electrons. The van der Waals surface area contributed by atoms with Gasteiger partial charge in [-0.3, -0.25) is 0 Å².